The van der Waals surface area contributed by atoms with Gasteiger partial charge in [-0.05, 0) is 6.92 Å². The Hall–Kier alpha value is -1.06. The van der Waals surface area contributed by atoms with E-state index in [9.17, 15) is 9.59 Å². The summed E-state index contributed by atoms with van der Waals surface area (Å²) in [7, 11) is 0. The Balaban J connectivity index is 2.40. The lowest BCUT2D eigenvalue weighted by atomic mass is 10.1. The highest BCUT2D eigenvalue weighted by Crippen LogP contribution is 2.09. The molecular formula is C6H9NO3. The van der Waals surface area contributed by atoms with Crippen molar-refractivity contribution in [2.75, 3.05) is 0 Å². The van der Waals surface area contributed by atoms with Crippen molar-refractivity contribution in [3.63, 3.8) is 0 Å². The molecule has 0 spiro atoms. The van der Waals surface area contributed by atoms with Crippen molar-refractivity contribution < 1.29 is 14.3 Å². The van der Waals surface area contributed by atoms with Crippen LogP contribution in [0.5, 0.6) is 0 Å². The summed E-state index contributed by atoms with van der Waals surface area (Å²) in [6.07, 6.45) is -0.558. The fourth-order valence-electron chi connectivity index (χ4n) is 0.847. The molecule has 4 nitrogen and oxygen atoms in total. The number of rotatable bonds is 1. The highest BCUT2D eigenvalue weighted by molar-refractivity contribution is 5.89. The van der Waals surface area contributed by atoms with Gasteiger partial charge in [0.25, 0.3) is 5.91 Å². The zero-order chi connectivity index (χ0) is 7.72. The average Bonchev–Trinajstić information content (AvgIpc) is 1.84. The molecule has 4 heteroatoms. The van der Waals surface area contributed by atoms with Crippen molar-refractivity contribution in [1.29, 1.82) is 0 Å². The molecule has 1 aliphatic heterocycles. The summed E-state index contributed by atoms with van der Waals surface area (Å²) < 4.78 is 4.66. The molecule has 0 bridgehead atoms. The molecular weight excluding hydrogens is 134 g/mol. The predicted octanol–water partition coefficient (Wildman–Crippen LogP) is -0.564. The molecule has 1 saturated heterocycles. The lowest BCUT2D eigenvalue weighted by Gasteiger charge is -2.32. The quantitative estimate of drug-likeness (QED) is 0.395. The number of esters is 1. The van der Waals surface area contributed by atoms with Gasteiger partial charge in [-0.2, -0.15) is 0 Å². The molecule has 0 aliphatic carbocycles. The zero-order valence-electron chi connectivity index (χ0n) is 5.88. The van der Waals surface area contributed by atoms with E-state index in [0.29, 0.717) is 0 Å². The predicted molar refractivity (Wildman–Crippen MR) is 33.2 cm³/mol. The summed E-state index contributed by atoms with van der Waals surface area (Å²) in [6, 6.07) is -0.0311. The van der Waals surface area contributed by atoms with Gasteiger partial charge < -0.3 is 10.1 Å². The van der Waals surface area contributed by atoms with E-state index in [2.05, 4.69) is 10.1 Å². The molecule has 56 valence electrons. The molecule has 0 radical (unpaired) electrons. The van der Waals surface area contributed by atoms with Crippen LogP contribution in [0, 0.1) is 0 Å². The second kappa shape index (κ2) is 2.28. The van der Waals surface area contributed by atoms with Gasteiger partial charge in [0.15, 0.2) is 6.10 Å². The molecule has 1 amide bonds. The van der Waals surface area contributed by atoms with E-state index in [1.807, 2.05) is 0 Å². The first-order valence-corrected chi connectivity index (χ1v) is 3.09. The Morgan fingerprint density at radius 2 is 2.30 bits per heavy atom. The first-order chi connectivity index (χ1) is 4.61. The lowest BCUT2D eigenvalue weighted by Crippen LogP contribution is -2.62. The van der Waals surface area contributed by atoms with E-state index < -0.39 is 12.1 Å². The van der Waals surface area contributed by atoms with Crippen LogP contribution in [-0.2, 0) is 14.3 Å². The van der Waals surface area contributed by atoms with E-state index >= 15 is 0 Å². The van der Waals surface area contributed by atoms with Crippen molar-refractivity contribution >= 4 is 11.9 Å². The molecule has 1 aliphatic rings. The minimum atomic E-state index is -0.558. The first kappa shape index (κ1) is 7.05. The van der Waals surface area contributed by atoms with Crippen molar-refractivity contribution in [3.8, 4) is 0 Å². The molecule has 2 atom stereocenters. The third-order valence-electron chi connectivity index (χ3n) is 1.38. The highest BCUT2D eigenvalue weighted by atomic mass is 16.6. The maximum Gasteiger partial charge on any atom is 0.303 e. The number of amides is 1. The fraction of sp³-hybridized carbons (Fsp3) is 0.667. The summed E-state index contributed by atoms with van der Waals surface area (Å²) in [5.41, 5.74) is 0. The molecule has 0 aromatic rings. The molecule has 1 fully saturated rings. The van der Waals surface area contributed by atoms with Crippen LogP contribution in [0.2, 0.25) is 0 Å². The van der Waals surface area contributed by atoms with Crippen LogP contribution < -0.4 is 5.32 Å². The lowest BCUT2D eigenvalue weighted by molar-refractivity contribution is -0.163. The summed E-state index contributed by atoms with van der Waals surface area (Å²) >= 11 is 0. The van der Waals surface area contributed by atoms with Crippen LogP contribution in [-0.4, -0.2) is 24.0 Å². The smallest absolute Gasteiger partial charge is 0.303 e. The van der Waals surface area contributed by atoms with Crippen molar-refractivity contribution in [2.24, 2.45) is 0 Å². The van der Waals surface area contributed by atoms with Crippen molar-refractivity contribution in [1.82, 2.24) is 5.32 Å². The van der Waals surface area contributed by atoms with Gasteiger partial charge in [0.2, 0.25) is 0 Å². The molecule has 1 N–H and O–H groups in total. The van der Waals surface area contributed by atoms with E-state index in [1.165, 1.54) is 6.92 Å². The second-order valence-corrected chi connectivity index (χ2v) is 2.33. The Morgan fingerprint density at radius 3 is 2.50 bits per heavy atom. The van der Waals surface area contributed by atoms with Gasteiger partial charge in [0.05, 0.1) is 6.04 Å². The molecule has 0 aromatic heterocycles. The molecule has 1 heterocycles. The Labute approximate surface area is 58.5 Å². The fourth-order valence-corrected chi connectivity index (χ4v) is 0.847. The maximum atomic E-state index is 10.6. The Kier molecular flexibility index (Phi) is 1.61. The SMILES string of the molecule is CC(=O)O[C@@H]1C(=O)N[C@H]1C. The summed E-state index contributed by atoms with van der Waals surface area (Å²) in [5.74, 6) is -0.616. The van der Waals surface area contributed by atoms with Crippen molar-refractivity contribution in [2.45, 2.75) is 26.0 Å². The number of carbonyl (C=O) groups is 2. The number of carbonyl (C=O) groups excluding carboxylic acids is 2. The molecule has 0 saturated carbocycles. The Morgan fingerprint density at radius 1 is 1.70 bits per heavy atom. The van der Waals surface area contributed by atoms with Crippen LogP contribution in [0.4, 0.5) is 0 Å². The summed E-state index contributed by atoms with van der Waals surface area (Å²) in [5, 5.41) is 2.54. The third kappa shape index (κ3) is 1.10. The van der Waals surface area contributed by atoms with Crippen LogP contribution in [0.1, 0.15) is 13.8 Å². The van der Waals surface area contributed by atoms with Gasteiger partial charge in [-0.1, -0.05) is 0 Å². The molecule has 0 unspecified atom stereocenters. The topological polar surface area (TPSA) is 55.4 Å². The number of ether oxygens (including phenoxy) is 1. The maximum absolute atomic E-state index is 10.6. The monoisotopic (exact) mass is 143 g/mol. The van der Waals surface area contributed by atoms with Gasteiger partial charge in [-0.15, -0.1) is 0 Å². The standard InChI is InChI=1S/C6H9NO3/c1-3-5(6(9)7-3)10-4(2)8/h3,5H,1-2H3,(H,7,9)/t3-,5-/m0/s1. The number of nitrogens with one attached hydrogen (secondary N) is 1. The van der Waals surface area contributed by atoms with Crippen LogP contribution in [0.15, 0.2) is 0 Å². The molecule has 10 heavy (non-hydrogen) atoms. The third-order valence-corrected chi connectivity index (χ3v) is 1.38. The number of hydrogen-bond acceptors (Lipinski definition) is 3. The number of β-lactam (4-membered cyclic amide) rings is 1. The average molecular weight is 143 g/mol. The van der Waals surface area contributed by atoms with E-state index in [0.717, 1.165) is 0 Å². The Bertz CT molecular complexity index is 178. The van der Waals surface area contributed by atoms with Gasteiger partial charge in [-0.3, -0.25) is 9.59 Å². The largest absolute Gasteiger partial charge is 0.450 e. The normalized spacial score (nSPS) is 30.4. The van der Waals surface area contributed by atoms with Gasteiger partial charge in [-0.25, -0.2) is 0 Å². The minimum Gasteiger partial charge on any atom is -0.450 e. The minimum absolute atomic E-state index is 0.0311. The van der Waals surface area contributed by atoms with Crippen LogP contribution in [0.3, 0.4) is 0 Å². The van der Waals surface area contributed by atoms with E-state index in [4.69, 9.17) is 0 Å². The van der Waals surface area contributed by atoms with Crippen LogP contribution >= 0.6 is 0 Å². The van der Waals surface area contributed by atoms with Crippen molar-refractivity contribution in [3.05, 3.63) is 0 Å². The van der Waals surface area contributed by atoms with Gasteiger partial charge in [0.1, 0.15) is 0 Å². The summed E-state index contributed by atoms with van der Waals surface area (Å²) in [6.45, 7) is 3.08. The highest BCUT2D eigenvalue weighted by Gasteiger charge is 2.38. The van der Waals surface area contributed by atoms with Gasteiger partial charge >= 0.3 is 5.97 Å². The first-order valence-electron chi connectivity index (χ1n) is 3.09. The van der Waals surface area contributed by atoms with E-state index in [-0.39, 0.29) is 11.9 Å². The van der Waals surface area contributed by atoms with E-state index in [1.54, 1.807) is 6.92 Å². The molecule has 1 rings (SSSR count). The summed E-state index contributed by atoms with van der Waals surface area (Å²) in [4.78, 5) is 20.9. The number of hydrogen-bond donors (Lipinski definition) is 1. The molecule has 0 aromatic carbocycles. The second-order valence-electron chi connectivity index (χ2n) is 2.33. The zero-order valence-corrected chi connectivity index (χ0v) is 5.88. The van der Waals surface area contributed by atoms with Gasteiger partial charge in [0, 0.05) is 6.92 Å². The van der Waals surface area contributed by atoms with Crippen LogP contribution in [0.25, 0.3) is 0 Å².